The average Bonchev–Trinajstić information content (AvgIpc) is 2.89. The normalized spacial score (nSPS) is 21.7. The quantitative estimate of drug-likeness (QED) is 0.532. The number of hydrogen-bond acceptors (Lipinski definition) is 3. The Balaban J connectivity index is 1.31. The Hall–Kier alpha value is -3.66. The highest BCUT2D eigenvalue weighted by molar-refractivity contribution is 5.89. The van der Waals surface area contributed by atoms with E-state index >= 15 is 0 Å². The first-order valence-electron chi connectivity index (χ1n) is 12.5. The third-order valence-electron chi connectivity index (χ3n) is 7.17. The van der Waals surface area contributed by atoms with Crippen LogP contribution >= 0.6 is 0 Å². The van der Waals surface area contributed by atoms with Gasteiger partial charge in [0.2, 0.25) is 0 Å². The Kier molecular flexibility index (Phi) is 7.31. The number of urea groups is 1. The summed E-state index contributed by atoms with van der Waals surface area (Å²) < 4.78 is 13.2. The number of benzene rings is 3. The lowest BCUT2D eigenvalue weighted by Gasteiger charge is -2.57. The average molecular weight is 484 g/mol. The molecule has 0 spiro atoms. The first kappa shape index (κ1) is 24.1. The minimum Gasteiger partial charge on any atom is -0.395 e. The Morgan fingerprint density at radius 3 is 2.28 bits per heavy atom. The third-order valence-corrected chi connectivity index (χ3v) is 7.17. The van der Waals surface area contributed by atoms with Gasteiger partial charge in [0.15, 0.2) is 0 Å². The fourth-order valence-corrected chi connectivity index (χ4v) is 5.32. The van der Waals surface area contributed by atoms with Crippen LogP contribution in [0.5, 0.6) is 0 Å². The predicted molar refractivity (Wildman–Crippen MR) is 139 cm³/mol. The Morgan fingerprint density at radius 2 is 1.58 bits per heavy atom. The van der Waals surface area contributed by atoms with Crippen molar-refractivity contribution in [2.45, 2.75) is 30.8 Å². The summed E-state index contributed by atoms with van der Waals surface area (Å²) in [6.45, 7) is 2.24. The molecule has 3 aromatic carbocycles. The van der Waals surface area contributed by atoms with E-state index in [0.29, 0.717) is 18.8 Å². The van der Waals surface area contributed by atoms with Crippen LogP contribution in [-0.4, -0.2) is 59.3 Å². The molecular weight excluding hydrogens is 453 g/mol. The smallest absolute Gasteiger partial charge is 0.321 e. The second kappa shape index (κ2) is 10.9. The summed E-state index contributed by atoms with van der Waals surface area (Å²) >= 11 is 0. The van der Waals surface area contributed by atoms with Crippen molar-refractivity contribution in [3.8, 4) is 11.8 Å². The van der Waals surface area contributed by atoms with E-state index in [9.17, 15) is 14.3 Å². The zero-order valence-corrected chi connectivity index (χ0v) is 20.1. The second-order valence-electron chi connectivity index (χ2n) is 9.41. The number of rotatable bonds is 3. The first-order chi connectivity index (χ1) is 17.6. The lowest BCUT2D eigenvalue weighted by Crippen LogP contribution is -2.68. The highest BCUT2D eigenvalue weighted by atomic mass is 19.1. The van der Waals surface area contributed by atoms with Crippen LogP contribution in [-0.2, 0) is 0 Å². The van der Waals surface area contributed by atoms with Crippen LogP contribution in [0.1, 0.15) is 35.4 Å². The van der Waals surface area contributed by atoms with E-state index < -0.39 is 0 Å². The molecule has 0 unspecified atom stereocenters. The van der Waals surface area contributed by atoms with Gasteiger partial charge >= 0.3 is 6.03 Å². The van der Waals surface area contributed by atoms with Gasteiger partial charge in [-0.3, -0.25) is 4.90 Å². The number of hydrogen-bond donors (Lipinski definition) is 2. The zero-order valence-electron chi connectivity index (χ0n) is 20.1. The number of amides is 2. The van der Waals surface area contributed by atoms with Gasteiger partial charge in [0.05, 0.1) is 6.61 Å². The zero-order chi connectivity index (χ0) is 24.9. The summed E-state index contributed by atoms with van der Waals surface area (Å²) in [6.07, 6.45) is 1.87. The molecule has 2 N–H and O–H groups in total. The van der Waals surface area contributed by atoms with Gasteiger partial charge in [-0.2, -0.15) is 0 Å². The lowest BCUT2D eigenvalue weighted by atomic mass is 9.74. The van der Waals surface area contributed by atoms with E-state index in [-0.39, 0.29) is 36.5 Å². The van der Waals surface area contributed by atoms with E-state index in [1.54, 1.807) is 12.1 Å². The monoisotopic (exact) mass is 483 g/mol. The standard InChI is InChI=1S/C30H30FN3O2/c31-25-14-16-26(17-15-25)32-30(36)33-18-4-5-19-34-27(20-33)29(28(34)21-35)24-12-10-23(11-13-24)9-8-22-6-2-1-3-7-22/h1-3,6-7,10-17,27-29,35H,4-5,18-21H2,(H,32,36)/t27-,28-,29-/m0/s1. The lowest BCUT2D eigenvalue weighted by molar-refractivity contribution is -0.0585. The molecule has 6 heteroatoms. The molecule has 5 rings (SSSR count). The molecule has 2 fully saturated rings. The molecule has 0 bridgehead atoms. The van der Waals surface area contributed by atoms with Gasteiger partial charge in [-0.15, -0.1) is 0 Å². The van der Waals surface area contributed by atoms with Crippen molar-refractivity contribution in [1.82, 2.24) is 9.80 Å². The van der Waals surface area contributed by atoms with Gasteiger partial charge in [-0.05, 0) is 73.5 Å². The molecule has 0 aliphatic carbocycles. The Morgan fingerprint density at radius 1 is 0.917 bits per heavy atom. The Labute approximate surface area is 211 Å². The number of nitrogens with zero attached hydrogens (tertiary/aromatic N) is 2. The summed E-state index contributed by atoms with van der Waals surface area (Å²) in [5, 5.41) is 13.1. The van der Waals surface area contributed by atoms with Crippen LogP contribution in [0.3, 0.4) is 0 Å². The number of anilines is 1. The van der Waals surface area contributed by atoms with Gasteiger partial charge < -0.3 is 15.3 Å². The highest BCUT2D eigenvalue weighted by Crippen LogP contribution is 2.42. The van der Waals surface area contributed by atoms with Crippen LogP contribution in [0.4, 0.5) is 14.9 Å². The van der Waals surface area contributed by atoms with Crippen LogP contribution in [0.2, 0.25) is 0 Å². The molecule has 2 aliphatic heterocycles. The second-order valence-corrected chi connectivity index (χ2v) is 9.41. The minimum absolute atomic E-state index is 0.0383. The predicted octanol–water partition coefficient (Wildman–Crippen LogP) is 4.68. The van der Waals surface area contributed by atoms with E-state index in [4.69, 9.17) is 0 Å². The fraction of sp³-hybridized carbons (Fsp3) is 0.300. The number of halogens is 1. The molecule has 36 heavy (non-hydrogen) atoms. The molecule has 2 amide bonds. The topological polar surface area (TPSA) is 55.8 Å². The fourth-order valence-electron chi connectivity index (χ4n) is 5.32. The van der Waals surface area contributed by atoms with Gasteiger partial charge in [0.1, 0.15) is 5.82 Å². The number of carbonyl (C=O) groups is 1. The van der Waals surface area contributed by atoms with Crippen molar-refractivity contribution in [3.63, 3.8) is 0 Å². The molecule has 5 nitrogen and oxygen atoms in total. The SMILES string of the molecule is O=C(Nc1ccc(F)cc1)N1CCCCN2[C@@H](CO)[C@@H](c3ccc(C#Cc4ccccc4)cc3)[C@@H]2C1. The number of aliphatic hydroxyl groups is 1. The van der Waals surface area contributed by atoms with Crippen LogP contribution in [0.15, 0.2) is 78.9 Å². The van der Waals surface area contributed by atoms with E-state index in [2.05, 4.69) is 34.2 Å². The van der Waals surface area contributed by atoms with E-state index in [1.165, 1.54) is 12.1 Å². The highest BCUT2D eigenvalue weighted by Gasteiger charge is 2.49. The molecule has 3 aromatic rings. The molecule has 3 atom stereocenters. The molecule has 184 valence electrons. The number of aliphatic hydroxyl groups excluding tert-OH is 1. The number of carbonyl (C=O) groups excluding carboxylic acids is 1. The van der Waals surface area contributed by atoms with Gasteiger partial charge in [0.25, 0.3) is 0 Å². The maximum absolute atomic E-state index is 13.2. The molecule has 2 heterocycles. The molecular formula is C30H30FN3O2. The molecule has 2 aliphatic rings. The maximum Gasteiger partial charge on any atom is 0.321 e. The van der Waals surface area contributed by atoms with Gasteiger partial charge in [-0.1, -0.05) is 42.2 Å². The van der Waals surface area contributed by atoms with Crippen molar-refractivity contribution in [2.75, 3.05) is 31.6 Å². The molecule has 0 saturated carbocycles. The van der Waals surface area contributed by atoms with Crippen molar-refractivity contribution >= 4 is 11.7 Å². The third kappa shape index (κ3) is 5.28. The summed E-state index contributed by atoms with van der Waals surface area (Å²) in [5.41, 5.74) is 3.65. The van der Waals surface area contributed by atoms with Gasteiger partial charge in [-0.25, -0.2) is 9.18 Å². The number of fused-ring (bicyclic) bond motifs is 1. The summed E-state index contributed by atoms with van der Waals surface area (Å²) in [6, 6.07) is 24.0. The van der Waals surface area contributed by atoms with Crippen LogP contribution < -0.4 is 5.32 Å². The van der Waals surface area contributed by atoms with Crippen molar-refractivity contribution in [1.29, 1.82) is 0 Å². The van der Waals surface area contributed by atoms with E-state index in [0.717, 1.165) is 36.1 Å². The number of nitrogens with one attached hydrogen (secondary N) is 1. The van der Waals surface area contributed by atoms with Crippen molar-refractivity contribution < 1.29 is 14.3 Å². The van der Waals surface area contributed by atoms with E-state index in [1.807, 2.05) is 47.4 Å². The van der Waals surface area contributed by atoms with Gasteiger partial charge in [0, 0.05) is 47.9 Å². The minimum atomic E-state index is -0.334. The largest absolute Gasteiger partial charge is 0.395 e. The summed E-state index contributed by atoms with van der Waals surface area (Å²) in [7, 11) is 0. The molecule has 2 saturated heterocycles. The van der Waals surface area contributed by atoms with Crippen molar-refractivity contribution in [2.24, 2.45) is 0 Å². The van der Waals surface area contributed by atoms with Crippen LogP contribution in [0.25, 0.3) is 0 Å². The molecule has 0 aromatic heterocycles. The van der Waals surface area contributed by atoms with Crippen molar-refractivity contribution in [3.05, 3.63) is 101 Å². The molecule has 0 radical (unpaired) electrons. The summed E-state index contributed by atoms with van der Waals surface area (Å²) in [5.74, 6) is 6.20. The Bertz CT molecular complexity index is 1240. The first-order valence-corrected chi connectivity index (χ1v) is 12.5. The van der Waals surface area contributed by atoms with Crippen LogP contribution in [0, 0.1) is 17.7 Å². The summed E-state index contributed by atoms with van der Waals surface area (Å²) in [4.78, 5) is 17.2. The maximum atomic E-state index is 13.2.